The second kappa shape index (κ2) is 4.63. The molecule has 0 heterocycles. The zero-order valence-electron chi connectivity index (χ0n) is 9.24. The van der Waals surface area contributed by atoms with Crippen LogP contribution in [0, 0.1) is 6.92 Å². The van der Waals surface area contributed by atoms with Crippen molar-refractivity contribution >= 4 is 0 Å². The zero-order valence-corrected chi connectivity index (χ0v) is 9.24. The molecule has 1 aliphatic carbocycles. The molecule has 0 radical (unpaired) electrons. The van der Waals surface area contributed by atoms with Crippen LogP contribution in [-0.4, -0.2) is 11.2 Å². The van der Waals surface area contributed by atoms with Crippen LogP contribution in [0.3, 0.4) is 0 Å². The molecule has 0 aromatic heterocycles. The van der Waals surface area contributed by atoms with Crippen molar-refractivity contribution in [3.05, 3.63) is 47.0 Å². The van der Waals surface area contributed by atoms with Crippen molar-refractivity contribution in [2.24, 2.45) is 0 Å². The molecular formula is C14H18O. The Labute approximate surface area is 91.4 Å². The number of allylic oxidation sites excluding steroid dienone is 1. The number of hydrogen-bond acceptors (Lipinski definition) is 1. The van der Waals surface area contributed by atoms with Gasteiger partial charge in [-0.15, -0.1) is 0 Å². The molecule has 15 heavy (non-hydrogen) atoms. The summed E-state index contributed by atoms with van der Waals surface area (Å²) in [4.78, 5) is 0. The first-order chi connectivity index (χ1) is 7.25. The smallest absolute Gasteiger partial charge is 0.0723 e. The van der Waals surface area contributed by atoms with Crippen LogP contribution >= 0.6 is 0 Å². The fourth-order valence-corrected chi connectivity index (χ4v) is 2.18. The molecule has 80 valence electrons. The molecule has 1 aromatic rings. The van der Waals surface area contributed by atoms with Crippen LogP contribution in [0.1, 0.15) is 30.4 Å². The average molecular weight is 202 g/mol. The number of aliphatic hydroxyl groups excluding tert-OH is 1. The van der Waals surface area contributed by atoms with Crippen molar-refractivity contribution in [3.8, 4) is 0 Å². The van der Waals surface area contributed by atoms with Crippen LogP contribution in [0.25, 0.3) is 0 Å². The topological polar surface area (TPSA) is 20.2 Å². The fraction of sp³-hybridized carbons (Fsp3) is 0.429. The third-order valence-electron chi connectivity index (χ3n) is 3.10. The Morgan fingerprint density at radius 3 is 2.87 bits per heavy atom. The van der Waals surface area contributed by atoms with E-state index in [1.807, 2.05) is 6.08 Å². The van der Waals surface area contributed by atoms with Crippen LogP contribution < -0.4 is 0 Å². The summed E-state index contributed by atoms with van der Waals surface area (Å²) in [5, 5.41) is 9.55. The van der Waals surface area contributed by atoms with Gasteiger partial charge in [0.15, 0.2) is 0 Å². The van der Waals surface area contributed by atoms with Gasteiger partial charge in [0.25, 0.3) is 0 Å². The van der Waals surface area contributed by atoms with Gasteiger partial charge in [-0.3, -0.25) is 0 Å². The Balaban J connectivity index is 2.12. The highest BCUT2D eigenvalue weighted by Crippen LogP contribution is 2.22. The molecule has 1 heteroatoms. The van der Waals surface area contributed by atoms with Crippen molar-refractivity contribution < 1.29 is 5.11 Å². The van der Waals surface area contributed by atoms with Gasteiger partial charge in [-0.25, -0.2) is 0 Å². The van der Waals surface area contributed by atoms with E-state index in [1.54, 1.807) is 0 Å². The lowest BCUT2D eigenvalue weighted by Gasteiger charge is -2.17. The summed E-state index contributed by atoms with van der Waals surface area (Å²) < 4.78 is 0. The van der Waals surface area contributed by atoms with Crippen molar-refractivity contribution in [2.75, 3.05) is 0 Å². The lowest BCUT2D eigenvalue weighted by molar-refractivity contribution is 0.202. The summed E-state index contributed by atoms with van der Waals surface area (Å²) in [6, 6.07) is 8.48. The standard InChI is InChI=1S/C14H18O/c1-11-5-2-3-7-13(11)9-12-6-4-8-14(15)10-12/h2-3,5,7,10,14-15H,4,6,8-9H2,1H3. The Hall–Kier alpha value is -1.08. The summed E-state index contributed by atoms with van der Waals surface area (Å²) >= 11 is 0. The zero-order chi connectivity index (χ0) is 10.7. The van der Waals surface area contributed by atoms with Crippen LogP contribution in [0.2, 0.25) is 0 Å². The average Bonchev–Trinajstić information content (AvgIpc) is 2.22. The molecule has 1 aromatic carbocycles. The summed E-state index contributed by atoms with van der Waals surface area (Å²) in [5.41, 5.74) is 4.12. The third-order valence-corrected chi connectivity index (χ3v) is 3.10. The van der Waals surface area contributed by atoms with Crippen LogP contribution in [0.4, 0.5) is 0 Å². The molecule has 0 spiro atoms. The molecule has 2 rings (SSSR count). The lowest BCUT2D eigenvalue weighted by Crippen LogP contribution is -2.10. The number of aryl methyl sites for hydroxylation is 1. The van der Waals surface area contributed by atoms with Gasteiger partial charge in [-0.05, 0) is 43.7 Å². The van der Waals surface area contributed by atoms with Crippen LogP contribution in [0.15, 0.2) is 35.9 Å². The van der Waals surface area contributed by atoms with Gasteiger partial charge in [0.05, 0.1) is 6.10 Å². The first-order valence-corrected chi connectivity index (χ1v) is 5.68. The van der Waals surface area contributed by atoms with Crippen LogP contribution in [-0.2, 0) is 6.42 Å². The second-order valence-electron chi connectivity index (χ2n) is 4.39. The molecular weight excluding hydrogens is 184 g/mol. The predicted molar refractivity (Wildman–Crippen MR) is 62.8 cm³/mol. The minimum Gasteiger partial charge on any atom is -0.389 e. The summed E-state index contributed by atoms with van der Waals surface area (Å²) in [7, 11) is 0. The van der Waals surface area contributed by atoms with E-state index >= 15 is 0 Å². The van der Waals surface area contributed by atoms with E-state index in [2.05, 4.69) is 31.2 Å². The molecule has 0 bridgehead atoms. The summed E-state index contributed by atoms with van der Waals surface area (Å²) in [6.45, 7) is 2.15. The largest absolute Gasteiger partial charge is 0.389 e. The minimum atomic E-state index is -0.210. The molecule has 1 atom stereocenters. The van der Waals surface area contributed by atoms with Gasteiger partial charge in [-0.1, -0.05) is 35.9 Å². The van der Waals surface area contributed by atoms with Gasteiger partial charge in [-0.2, -0.15) is 0 Å². The molecule has 0 saturated heterocycles. The van der Waals surface area contributed by atoms with E-state index < -0.39 is 0 Å². The van der Waals surface area contributed by atoms with E-state index in [0.29, 0.717) is 0 Å². The lowest BCUT2D eigenvalue weighted by atomic mass is 9.91. The summed E-state index contributed by atoms with van der Waals surface area (Å²) in [5.74, 6) is 0. The Bertz CT molecular complexity index is 365. The quantitative estimate of drug-likeness (QED) is 0.731. The monoisotopic (exact) mass is 202 g/mol. The molecule has 1 aliphatic rings. The van der Waals surface area contributed by atoms with E-state index in [9.17, 15) is 5.11 Å². The molecule has 0 fully saturated rings. The van der Waals surface area contributed by atoms with Gasteiger partial charge in [0, 0.05) is 0 Å². The number of rotatable bonds is 2. The predicted octanol–water partition coefficient (Wildman–Crippen LogP) is 3.01. The Morgan fingerprint density at radius 1 is 1.33 bits per heavy atom. The van der Waals surface area contributed by atoms with E-state index in [1.165, 1.54) is 16.7 Å². The number of aliphatic hydroxyl groups is 1. The van der Waals surface area contributed by atoms with Gasteiger partial charge in [0.2, 0.25) is 0 Å². The highest BCUT2D eigenvalue weighted by Gasteiger charge is 2.11. The maximum Gasteiger partial charge on any atom is 0.0723 e. The molecule has 1 unspecified atom stereocenters. The number of hydrogen-bond donors (Lipinski definition) is 1. The van der Waals surface area contributed by atoms with Crippen LogP contribution in [0.5, 0.6) is 0 Å². The first kappa shape index (κ1) is 10.4. The maximum absolute atomic E-state index is 9.55. The van der Waals surface area contributed by atoms with E-state index in [0.717, 1.165) is 25.7 Å². The molecule has 0 amide bonds. The Morgan fingerprint density at radius 2 is 2.13 bits per heavy atom. The van der Waals surface area contributed by atoms with Crippen molar-refractivity contribution in [3.63, 3.8) is 0 Å². The SMILES string of the molecule is Cc1ccccc1CC1=CC(O)CCC1. The molecule has 0 saturated carbocycles. The minimum absolute atomic E-state index is 0.210. The maximum atomic E-state index is 9.55. The molecule has 0 aliphatic heterocycles. The third kappa shape index (κ3) is 2.69. The second-order valence-corrected chi connectivity index (χ2v) is 4.39. The van der Waals surface area contributed by atoms with Gasteiger partial charge >= 0.3 is 0 Å². The Kier molecular flexibility index (Phi) is 3.22. The first-order valence-electron chi connectivity index (χ1n) is 5.68. The van der Waals surface area contributed by atoms with Gasteiger partial charge in [0.1, 0.15) is 0 Å². The molecule has 1 nitrogen and oxygen atoms in total. The van der Waals surface area contributed by atoms with Crippen molar-refractivity contribution in [1.82, 2.24) is 0 Å². The van der Waals surface area contributed by atoms with Gasteiger partial charge < -0.3 is 5.11 Å². The highest BCUT2D eigenvalue weighted by molar-refractivity contribution is 5.30. The van der Waals surface area contributed by atoms with Crippen molar-refractivity contribution in [1.29, 1.82) is 0 Å². The van der Waals surface area contributed by atoms with E-state index in [-0.39, 0.29) is 6.10 Å². The normalized spacial score (nSPS) is 21.2. The highest BCUT2D eigenvalue weighted by atomic mass is 16.3. The summed E-state index contributed by atoms with van der Waals surface area (Å²) in [6.07, 6.45) is 6.03. The van der Waals surface area contributed by atoms with Crippen molar-refractivity contribution in [2.45, 2.75) is 38.7 Å². The molecule has 1 N–H and O–H groups in total. The number of benzene rings is 1. The van der Waals surface area contributed by atoms with E-state index in [4.69, 9.17) is 0 Å². The fourth-order valence-electron chi connectivity index (χ4n) is 2.18.